The maximum Gasteiger partial charge on any atom is 0.264 e. The molecule has 0 radical (unpaired) electrons. The average Bonchev–Trinajstić information content (AvgIpc) is 3.21. The highest BCUT2D eigenvalue weighted by molar-refractivity contribution is 7.90. The number of carbonyl (C=O) groups is 1. The number of nitrogens with zero attached hydrogens (tertiary/aromatic N) is 2. The molecule has 1 N–H and O–H groups in total. The van der Waals surface area contributed by atoms with Crippen LogP contribution < -0.4 is 4.72 Å². The van der Waals surface area contributed by atoms with Gasteiger partial charge in [0.1, 0.15) is 11.0 Å². The number of hydrogen-bond donors (Lipinski definition) is 1. The molecule has 3 aromatic carbocycles. The van der Waals surface area contributed by atoms with E-state index in [2.05, 4.69) is 13.5 Å². The van der Waals surface area contributed by atoms with Gasteiger partial charge in [-0.15, -0.1) is 0 Å². The SMILES string of the molecule is Cc1ccccc1CC(C(=O)NS(=O)(=O)c1ccccc1)c1ccc2nsnc2c1. The van der Waals surface area contributed by atoms with E-state index in [0.29, 0.717) is 17.5 Å². The second-order valence-electron chi connectivity index (χ2n) is 6.98. The van der Waals surface area contributed by atoms with Crippen molar-refractivity contribution >= 4 is 38.7 Å². The van der Waals surface area contributed by atoms with Crippen LogP contribution in [0.15, 0.2) is 77.7 Å². The van der Waals surface area contributed by atoms with E-state index >= 15 is 0 Å². The van der Waals surface area contributed by atoms with E-state index < -0.39 is 21.8 Å². The summed E-state index contributed by atoms with van der Waals surface area (Å²) < 4.78 is 36.1. The Labute approximate surface area is 179 Å². The minimum absolute atomic E-state index is 0.0483. The summed E-state index contributed by atoms with van der Waals surface area (Å²) in [4.78, 5) is 13.2. The lowest BCUT2D eigenvalue weighted by Gasteiger charge is -2.19. The topological polar surface area (TPSA) is 89.0 Å². The predicted octanol–water partition coefficient (Wildman–Crippen LogP) is 3.83. The third kappa shape index (κ3) is 4.24. The number of rotatable bonds is 6. The molecule has 1 unspecified atom stereocenters. The second-order valence-corrected chi connectivity index (χ2v) is 9.19. The van der Waals surface area contributed by atoms with Gasteiger partial charge in [0, 0.05) is 0 Å². The summed E-state index contributed by atoms with van der Waals surface area (Å²) in [5.41, 5.74) is 4.14. The van der Waals surface area contributed by atoms with Gasteiger partial charge in [0.05, 0.1) is 22.5 Å². The molecule has 0 aliphatic heterocycles. The lowest BCUT2D eigenvalue weighted by molar-refractivity contribution is -0.120. The van der Waals surface area contributed by atoms with Crippen LogP contribution in [0.5, 0.6) is 0 Å². The fourth-order valence-electron chi connectivity index (χ4n) is 3.30. The first-order chi connectivity index (χ1) is 14.4. The Kier molecular flexibility index (Phi) is 5.61. The van der Waals surface area contributed by atoms with Crippen molar-refractivity contribution < 1.29 is 13.2 Å². The quantitative estimate of drug-likeness (QED) is 0.495. The molecule has 0 saturated heterocycles. The molecular formula is C22H19N3O3S2. The zero-order valence-electron chi connectivity index (χ0n) is 16.1. The van der Waals surface area contributed by atoms with Crippen LogP contribution in [-0.4, -0.2) is 23.1 Å². The Morgan fingerprint density at radius 1 is 0.967 bits per heavy atom. The molecule has 4 rings (SSSR count). The fraction of sp³-hybridized carbons (Fsp3) is 0.136. The molecule has 4 aromatic rings. The standard InChI is InChI=1S/C22H19N3O3S2/c1-15-7-5-6-8-16(15)13-19(17-11-12-20-21(14-17)24-29-23-20)22(26)25-30(27,28)18-9-3-2-4-10-18/h2-12,14,19H,13H2,1H3,(H,25,26). The first kappa shape index (κ1) is 20.2. The molecule has 1 heterocycles. The normalized spacial score (nSPS) is 12.6. The molecule has 152 valence electrons. The first-order valence-corrected chi connectivity index (χ1v) is 11.5. The van der Waals surface area contributed by atoms with E-state index in [4.69, 9.17) is 0 Å². The number of nitrogens with one attached hydrogen (secondary N) is 1. The highest BCUT2D eigenvalue weighted by Crippen LogP contribution is 2.26. The highest BCUT2D eigenvalue weighted by Gasteiger charge is 2.27. The maximum absolute atomic E-state index is 13.2. The number of sulfonamides is 1. The van der Waals surface area contributed by atoms with E-state index in [-0.39, 0.29) is 4.90 Å². The summed E-state index contributed by atoms with van der Waals surface area (Å²) in [5.74, 6) is -1.28. The van der Waals surface area contributed by atoms with Crippen LogP contribution in [0.3, 0.4) is 0 Å². The monoisotopic (exact) mass is 437 g/mol. The van der Waals surface area contributed by atoms with Gasteiger partial charge in [-0.3, -0.25) is 4.79 Å². The van der Waals surface area contributed by atoms with E-state index in [1.807, 2.05) is 31.2 Å². The molecule has 1 amide bonds. The summed E-state index contributed by atoms with van der Waals surface area (Å²) >= 11 is 1.10. The lowest BCUT2D eigenvalue weighted by atomic mass is 9.89. The van der Waals surface area contributed by atoms with Crippen molar-refractivity contribution in [2.45, 2.75) is 24.2 Å². The van der Waals surface area contributed by atoms with Crippen LogP contribution >= 0.6 is 11.7 Å². The van der Waals surface area contributed by atoms with Gasteiger partial charge in [-0.05, 0) is 54.3 Å². The molecule has 0 aliphatic carbocycles. The molecule has 8 heteroatoms. The average molecular weight is 438 g/mol. The Bertz CT molecular complexity index is 1300. The van der Waals surface area contributed by atoms with Crippen molar-refractivity contribution in [3.63, 3.8) is 0 Å². The van der Waals surface area contributed by atoms with Crippen LogP contribution in [0, 0.1) is 6.92 Å². The fourth-order valence-corrected chi connectivity index (χ4v) is 4.86. The third-order valence-corrected chi connectivity index (χ3v) is 6.89. The zero-order valence-corrected chi connectivity index (χ0v) is 17.8. The van der Waals surface area contributed by atoms with Gasteiger partial charge in [-0.1, -0.05) is 48.5 Å². The van der Waals surface area contributed by atoms with E-state index in [1.54, 1.807) is 36.4 Å². The van der Waals surface area contributed by atoms with Crippen molar-refractivity contribution in [1.82, 2.24) is 13.5 Å². The van der Waals surface area contributed by atoms with Gasteiger partial charge >= 0.3 is 0 Å². The van der Waals surface area contributed by atoms with Crippen LogP contribution in [0.1, 0.15) is 22.6 Å². The molecule has 0 aliphatic rings. The van der Waals surface area contributed by atoms with Crippen molar-refractivity contribution in [3.8, 4) is 0 Å². The van der Waals surface area contributed by atoms with Crippen molar-refractivity contribution in [2.24, 2.45) is 0 Å². The Hall–Kier alpha value is -3.10. The smallest absolute Gasteiger partial charge is 0.264 e. The van der Waals surface area contributed by atoms with Crippen LogP contribution in [0.25, 0.3) is 11.0 Å². The number of hydrogen-bond acceptors (Lipinski definition) is 6. The summed E-state index contributed by atoms with van der Waals surface area (Å²) in [6.07, 6.45) is 0.367. The number of aryl methyl sites for hydroxylation is 1. The largest absolute Gasteiger partial charge is 0.273 e. The summed E-state index contributed by atoms with van der Waals surface area (Å²) in [6, 6.07) is 21.0. The molecule has 0 saturated carbocycles. The van der Waals surface area contributed by atoms with Crippen LogP contribution in [0.2, 0.25) is 0 Å². The Morgan fingerprint density at radius 2 is 1.67 bits per heavy atom. The summed E-state index contributed by atoms with van der Waals surface area (Å²) in [7, 11) is -3.97. The van der Waals surface area contributed by atoms with Gasteiger partial charge in [-0.25, -0.2) is 13.1 Å². The van der Waals surface area contributed by atoms with Gasteiger partial charge in [0.25, 0.3) is 10.0 Å². The third-order valence-electron chi connectivity index (χ3n) is 4.97. The molecule has 0 spiro atoms. The molecule has 0 bridgehead atoms. The lowest BCUT2D eigenvalue weighted by Crippen LogP contribution is -2.35. The maximum atomic E-state index is 13.2. The highest BCUT2D eigenvalue weighted by atomic mass is 32.2. The van der Waals surface area contributed by atoms with E-state index in [1.165, 1.54) is 12.1 Å². The van der Waals surface area contributed by atoms with Gasteiger partial charge in [-0.2, -0.15) is 8.75 Å². The number of amides is 1. The van der Waals surface area contributed by atoms with Crippen molar-refractivity contribution in [1.29, 1.82) is 0 Å². The minimum atomic E-state index is -3.97. The van der Waals surface area contributed by atoms with E-state index in [0.717, 1.165) is 28.4 Å². The van der Waals surface area contributed by atoms with E-state index in [9.17, 15) is 13.2 Å². The van der Waals surface area contributed by atoms with Crippen LogP contribution in [0.4, 0.5) is 0 Å². The predicted molar refractivity (Wildman–Crippen MR) is 117 cm³/mol. The summed E-state index contributed by atoms with van der Waals surface area (Å²) in [6.45, 7) is 1.97. The van der Waals surface area contributed by atoms with Gasteiger partial charge < -0.3 is 0 Å². The van der Waals surface area contributed by atoms with Crippen LogP contribution in [-0.2, 0) is 21.2 Å². The zero-order chi connectivity index (χ0) is 21.1. The first-order valence-electron chi connectivity index (χ1n) is 9.32. The van der Waals surface area contributed by atoms with Gasteiger partial charge in [0.2, 0.25) is 5.91 Å². The van der Waals surface area contributed by atoms with Crippen molar-refractivity contribution in [2.75, 3.05) is 0 Å². The molecule has 0 fully saturated rings. The Balaban J connectivity index is 1.70. The molecular weight excluding hydrogens is 418 g/mol. The minimum Gasteiger partial charge on any atom is -0.273 e. The van der Waals surface area contributed by atoms with Crippen molar-refractivity contribution in [3.05, 3.63) is 89.5 Å². The van der Waals surface area contributed by atoms with Gasteiger partial charge in [0.15, 0.2) is 0 Å². The number of aromatic nitrogens is 2. The second kappa shape index (κ2) is 8.33. The summed E-state index contributed by atoms with van der Waals surface area (Å²) in [5, 5.41) is 0. The molecule has 6 nitrogen and oxygen atoms in total. The number of carbonyl (C=O) groups excluding carboxylic acids is 1. The molecule has 1 aromatic heterocycles. The molecule has 1 atom stereocenters. The number of fused-ring (bicyclic) bond motifs is 1. The Morgan fingerprint density at radius 3 is 2.43 bits per heavy atom. The number of benzene rings is 3. The molecule has 30 heavy (non-hydrogen) atoms.